The highest BCUT2D eigenvalue weighted by molar-refractivity contribution is 5.88. The Kier molecular flexibility index (Phi) is 4.63. The molecule has 122 valence electrons. The van der Waals surface area contributed by atoms with Gasteiger partial charge in [0.15, 0.2) is 5.82 Å². The van der Waals surface area contributed by atoms with Crippen LogP contribution in [0.2, 0.25) is 0 Å². The van der Waals surface area contributed by atoms with E-state index in [0.717, 1.165) is 19.0 Å². The van der Waals surface area contributed by atoms with Gasteiger partial charge in [-0.05, 0) is 25.8 Å². The molecule has 7 nitrogen and oxygen atoms in total. The van der Waals surface area contributed by atoms with E-state index < -0.39 is 0 Å². The summed E-state index contributed by atoms with van der Waals surface area (Å²) < 4.78 is 7.47. The first kappa shape index (κ1) is 15.3. The van der Waals surface area contributed by atoms with Crippen LogP contribution in [0.15, 0.2) is 12.3 Å². The summed E-state index contributed by atoms with van der Waals surface area (Å²) in [5, 5.41) is 7.01. The minimum Gasteiger partial charge on any atom is -0.373 e. The van der Waals surface area contributed by atoms with E-state index in [-0.39, 0.29) is 12.1 Å². The third kappa shape index (κ3) is 4.20. The molecule has 1 saturated carbocycles. The van der Waals surface area contributed by atoms with Crippen molar-refractivity contribution in [2.45, 2.75) is 18.9 Å². The van der Waals surface area contributed by atoms with Gasteiger partial charge >= 0.3 is 6.03 Å². The topological polar surface area (TPSA) is 62.6 Å². The van der Waals surface area contributed by atoms with Gasteiger partial charge in [0.2, 0.25) is 0 Å². The highest BCUT2D eigenvalue weighted by Crippen LogP contribution is 2.29. The molecule has 3 rings (SSSR count). The van der Waals surface area contributed by atoms with Crippen LogP contribution in [0.25, 0.3) is 0 Å². The minimum atomic E-state index is -0.100. The number of carbonyl (C=O) groups is 1. The second-order valence-electron chi connectivity index (χ2n) is 6.41. The third-order valence-electron chi connectivity index (χ3n) is 4.16. The van der Waals surface area contributed by atoms with E-state index in [1.165, 1.54) is 12.8 Å². The molecule has 1 atom stereocenters. The fraction of sp³-hybridized carbons (Fsp3) is 0.733. The lowest BCUT2D eigenvalue weighted by molar-refractivity contribution is -0.0261. The van der Waals surface area contributed by atoms with Crippen molar-refractivity contribution in [3.05, 3.63) is 12.3 Å². The Bertz CT molecular complexity index is 514. The molecule has 1 aliphatic carbocycles. The van der Waals surface area contributed by atoms with Crippen molar-refractivity contribution in [2.75, 3.05) is 45.2 Å². The van der Waals surface area contributed by atoms with Crippen LogP contribution in [0, 0.1) is 5.92 Å². The fourth-order valence-electron chi connectivity index (χ4n) is 2.85. The summed E-state index contributed by atoms with van der Waals surface area (Å²) in [6, 6.07) is 1.69. The van der Waals surface area contributed by atoms with E-state index in [2.05, 4.69) is 22.4 Å². The molecular formula is C15H25N5O2. The summed E-state index contributed by atoms with van der Waals surface area (Å²) >= 11 is 0. The average Bonchev–Trinajstić information content (AvgIpc) is 3.20. The number of likely N-dealkylation sites (N-methyl/N-ethyl adjacent to an activating group) is 1. The van der Waals surface area contributed by atoms with Crippen LogP contribution in [0.1, 0.15) is 12.8 Å². The number of anilines is 1. The van der Waals surface area contributed by atoms with E-state index in [9.17, 15) is 4.79 Å². The number of nitrogens with zero attached hydrogens (tertiary/aromatic N) is 4. The van der Waals surface area contributed by atoms with Crippen molar-refractivity contribution in [1.82, 2.24) is 19.6 Å². The smallest absolute Gasteiger partial charge is 0.323 e. The molecule has 0 bridgehead atoms. The monoisotopic (exact) mass is 307 g/mol. The number of aromatic nitrogens is 2. The number of urea groups is 1. The molecule has 1 N–H and O–H groups in total. The van der Waals surface area contributed by atoms with Crippen molar-refractivity contribution in [1.29, 1.82) is 0 Å². The lowest BCUT2D eigenvalue weighted by atomic mass is 10.2. The van der Waals surface area contributed by atoms with E-state index in [0.29, 0.717) is 25.5 Å². The Morgan fingerprint density at radius 1 is 1.50 bits per heavy atom. The average molecular weight is 307 g/mol. The lowest BCUT2D eigenvalue weighted by Crippen LogP contribution is -2.50. The van der Waals surface area contributed by atoms with Crippen LogP contribution >= 0.6 is 0 Å². The number of morpholine rings is 1. The fourth-order valence-corrected chi connectivity index (χ4v) is 2.85. The van der Waals surface area contributed by atoms with Gasteiger partial charge in [0.1, 0.15) is 0 Å². The standard InChI is InChI=1S/C15H25N5O2/c1-18(9-12-3-4-12)10-13-11-20(7-8-22-13)15(21)16-14-5-6-19(2)17-14/h5-6,12-13H,3-4,7-11H2,1-2H3,(H,16,17,21). The molecule has 0 spiro atoms. The molecule has 1 saturated heterocycles. The maximum atomic E-state index is 12.3. The molecule has 1 aromatic rings. The summed E-state index contributed by atoms with van der Waals surface area (Å²) in [6.07, 6.45) is 4.61. The normalized spacial score (nSPS) is 22.1. The molecule has 7 heteroatoms. The van der Waals surface area contributed by atoms with Crippen LogP contribution in [0.5, 0.6) is 0 Å². The lowest BCUT2D eigenvalue weighted by Gasteiger charge is -2.34. The van der Waals surface area contributed by atoms with Gasteiger partial charge in [0.25, 0.3) is 0 Å². The molecule has 1 aromatic heterocycles. The highest BCUT2D eigenvalue weighted by atomic mass is 16.5. The molecule has 0 radical (unpaired) electrons. The summed E-state index contributed by atoms with van der Waals surface area (Å²) in [6.45, 7) is 3.87. The van der Waals surface area contributed by atoms with Crippen molar-refractivity contribution in [2.24, 2.45) is 13.0 Å². The molecule has 1 unspecified atom stereocenters. The first-order valence-electron chi connectivity index (χ1n) is 7.96. The van der Waals surface area contributed by atoms with E-state index in [1.54, 1.807) is 10.7 Å². The number of hydrogen-bond donors (Lipinski definition) is 1. The second-order valence-corrected chi connectivity index (χ2v) is 6.41. The Morgan fingerprint density at radius 3 is 3.00 bits per heavy atom. The zero-order valence-electron chi connectivity index (χ0n) is 13.4. The van der Waals surface area contributed by atoms with Gasteiger partial charge in [-0.15, -0.1) is 0 Å². The number of nitrogens with one attached hydrogen (secondary N) is 1. The summed E-state index contributed by atoms with van der Waals surface area (Å²) in [5.41, 5.74) is 0. The number of ether oxygens (including phenoxy) is 1. The van der Waals surface area contributed by atoms with Crippen LogP contribution < -0.4 is 5.32 Å². The Balaban J connectivity index is 1.47. The van der Waals surface area contributed by atoms with Gasteiger partial charge in [-0.1, -0.05) is 0 Å². The van der Waals surface area contributed by atoms with Crippen LogP contribution in [-0.2, 0) is 11.8 Å². The molecule has 22 heavy (non-hydrogen) atoms. The summed E-state index contributed by atoms with van der Waals surface area (Å²) in [7, 11) is 3.96. The van der Waals surface area contributed by atoms with Gasteiger partial charge in [0.05, 0.1) is 12.7 Å². The van der Waals surface area contributed by atoms with E-state index >= 15 is 0 Å². The van der Waals surface area contributed by atoms with Crippen molar-refractivity contribution in [3.8, 4) is 0 Å². The van der Waals surface area contributed by atoms with Gasteiger partial charge in [0, 0.05) is 45.5 Å². The number of rotatable bonds is 5. The molecule has 2 heterocycles. The zero-order valence-corrected chi connectivity index (χ0v) is 13.4. The zero-order chi connectivity index (χ0) is 15.5. The third-order valence-corrected chi connectivity index (χ3v) is 4.16. The van der Waals surface area contributed by atoms with E-state index in [4.69, 9.17) is 4.74 Å². The van der Waals surface area contributed by atoms with E-state index in [1.807, 2.05) is 18.1 Å². The molecule has 2 amide bonds. The molecule has 1 aliphatic heterocycles. The predicted molar refractivity (Wildman–Crippen MR) is 83.8 cm³/mol. The minimum absolute atomic E-state index is 0.0898. The second kappa shape index (κ2) is 6.66. The molecule has 2 aliphatic rings. The maximum Gasteiger partial charge on any atom is 0.323 e. The van der Waals surface area contributed by atoms with Gasteiger partial charge in [-0.25, -0.2) is 4.79 Å². The maximum absolute atomic E-state index is 12.3. The van der Waals surface area contributed by atoms with Crippen molar-refractivity contribution in [3.63, 3.8) is 0 Å². The van der Waals surface area contributed by atoms with Crippen LogP contribution in [-0.4, -0.2) is 71.5 Å². The van der Waals surface area contributed by atoms with Crippen molar-refractivity contribution < 1.29 is 9.53 Å². The van der Waals surface area contributed by atoms with Crippen LogP contribution in [0.4, 0.5) is 10.6 Å². The largest absolute Gasteiger partial charge is 0.373 e. The Hall–Kier alpha value is -1.60. The quantitative estimate of drug-likeness (QED) is 0.881. The first-order chi connectivity index (χ1) is 10.6. The summed E-state index contributed by atoms with van der Waals surface area (Å²) in [4.78, 5) is 16.4. The van der Waals surface area contributed by atoms with Crippen LogP contribution in [0.3, 0.4) is 0 Å². The summed E-state index contributed by atoms with van der Waals surface area (Å²) in [5.74, 6) is 1.46. The predicted octanol–water partition coefficient (Wildman–Crippen LogP) is 0.995. The molecule has 0 aromatic carbocycles. The van der Waals surface area contributed by atoms with Crippen molar-refractivity contribution >= 4 is 11.8 Å². The molecule has 2 fully saturated rings. The first-order valence-corrected chi connectivity index (χ1v) is 7.96. The van der Waals surface area contributed by atoms with Gasteiger partial charge in [-0.2, -0.15) is 5.10 Å². The number of aryl methyl sites for hydroxylation is 1. The number of amides is 2. The number of carbonyl (C=O) groups excluding carboxylic acids is 1. The molecular weight excluding hydrogens is 282 g/mol. The highest BCUT2D eigenvalue weighted by Gasteiger charge is 2.28. The SMILES string of the molecule is CN(CC1CC1)CC1CN(C(=O)Nc2ccn(C)n2)CCO1. The Morgan fingerprint density at radius 2 is 2.32 bits per heavy atom. The Labute approximate surface area is 131 Å². The van der Waals surface area contributed by atoms with Gasteiger partial charge in [-0.3, -0.25) is 10.00 Å². The number of hydrogen-bond acceptors (Lipinski definition) is 4. The van der Waals surface area contributed by atoms with Gasteiger partial charge < -0.3 is 14.5 Å².